The molecule has 2 unspecified atom stereocenters. The van der Waals surface area contributed by atoms with Gasteiger partial charge in [-0.3, -0.25) is 0 Å². The zero-order chi connectivity index (χ0) is 13.3. The van der Waals surface area contributed by atoms with Gasteiger partial charge in [-0.15, -0.1) is 0 Å². The van der Waals surface area contributed by atoms with Crippen LogP contribution in [-0.4, -0.2) is 24.8 Å². The standard InChI is InChI=1S/C15H33NO/c1-7-12-13(6)14(16-10-4)15(8-2,9-3)17-11-5/h13-14,16H,7-12H2,1-6H3. The molecule has 0 saturated carbocycles. The number of hydrogen-bond donors (Lipinski definition) is 1. The lowest BCUT2D eigenvalue weighted by atomic mass is 9.79. The summed E-state index contributed by atoms with van der Waals surface area (Å²) in [5.41, 5.74) is 0.0132. The predicted octanol–water partition coefficient (Wildman–Crippen LogP) is 4.00. The summed E-state index contributed by atoms with van der Waals surface area (Å²) >= 11 is 0. The molecule has 2 atom stereocenters. The molecule has 17 heavy (non-hydrogen) atoms. The van der Waals surface area contributed by atoms with Gasteiger partial charge in [-0.1, -0.05) is 41.0 Å². The second kappa shape index (κ2) is 8.93. The minimum absolute atomic E-state index is 0.0132. The molecule has 0 bridgehead atoms. The highest BCUT2D eigenvalue weighted by molar-refractivity contribution is 4.94. The average molecular weight is 243 g/mol. The monoisotopic (exact) mass is 243 g/mol. The van der Waals surface area contributed by atoms with Crippen molar-refractivity contribution < 1.29 is 4.74 Å². The minimum Gasteiger partial charge on any atom is -0.374 e. The van der Waals surface area contributed by atoms with Gasteiger partial charge in [-0.25, -0.2) is 0 Å². The van der Waals surface area contributed by atoms with E-state index in [2.05, 4.69) is 46.9 Å². The number of ether oxygens (including phenoxy) is 1. The van der Waals surface area contributed by atoms with Crippen molar-refractivity contribution in [1.82, 2.24) is 5.32 Å². The Morgan fingerprint density at radius 1 is 1.06 bits per heavy atom. The SMILES string of the molecule is CCCC(C)C(NCC)C(CC)(CC)OCC. The second-order valence-electron chi connectivity index (χ2n) is 5.01. The fourth-order valence-electron chi connectivity index (χ4n) is 3.02. The number of hydrogen-bond acceptors (Lipinski definition) is 2. The Kier molecular flexibility index (Phi) is 8.89. The van der Waals surface area contributed by atoms with Crippen molar-refractivity contribution in [2.45, 2.75) is 78.9 Å². The summed E-state index contributed by atoms with van der Waals surface area (Å²) in [7, 11) is 0. The van der Waals surface area contributed by atoms with Gasteiger partial charge in [0.15, 0.2) is 0 Å². The Hall–Kier alpha value is -0.0800. The van der Waals surface area contributed by atoms with Crippen molar-refractivity contribution in [3.63, 3.8) is 0 Å². The molecular formula is C15H33NO. The molecule has 0 aliphatic rings. The Morgan fingerprint density at radius 3 is 2.00 bits per heavy atom. The maximum atomic E-state index is 6.15. The average Bonchev–Trinajstić information content (AvgIpc) is 2.34. The third kappa shape index (κ3) is 4.59. The van der Waals surface area contributed by atoms with E-state index in [1.165, 1.54) is 12.8 Å². The van der Waals surface area contributed by atoms with Crippen LogP contribution in [0.2, 0.25) is 0 Å². The lowest BCUT2D eigenvalue weighted by Crippen LogP contribution is -2.55. The van der Waals surface area contributed by atoms with E-state index >= 15 is 0 Å². The molecule has 0 saturated heterocycles. The lowest BCUT2D eigenvalue weighted by molar-refractivity contribution is -0.0842. The van der Waals surface area contributed by atoms with Crippen LogP contribution in [0.3, 0.4) is 0 Å². The van der Waals surface area contributed by atoms with Crippen LogP contribution in [0, 0.1) is 5.92 Å². The van der Waals surface area contributed by atoms with E-state index in [-0.39, 0.29) is 5.60 Å². The molecule has 0 heterocycles. The van der Waals surface area contributed by atoms with Gasteiger partial charge in [0.1, 0.15) is 0 Å². The molecule has 0 spiro atoms. The summed E-state index contributed by atoms with van der Waals surface area (Å²) in [4.78, 5) is 0. The molecule has 104 valence electrons. The van der Waals surface area contributed by atoms with E-state index in [9.17, 15) is 0 Å². The minimum atomic E-state index is 0.0132. The summed E-state index contributed by atoms with van der Waals surface area (Å²) in [6.45, 7) is 15.2. The van der Waals surface area contributed by atoms with Gasteiger partial charge in [0.05, 0.1) is 5.60 Å². The molecule has 0 fully saturated rings. The van der Waals surface area contributed by atoms with Crippen LogP contribution < -0.4 is 5.32 Å². The van der Waals surface area contributed by atoms with Gasteiger partial charge in [-0.05, 0) is 38.6 Å². The van der Waals surface area contributed by atoms with Gasteiger partial charge in [0.25, 0.3) is 0 Å². The molecule has 2 nitrogen and oxygen atoms in total. The van der Waals surface area contributed by atoms with E-state index in [1.807, 2.05) is 0 Å². The first kappa shape index (κ1) is 16.9. The zero-order valence-corrected chi connectivity index (χ0v) is 12.8. The van der Waals surface area contributed by atoms with Crippen molar-refractivity contribution in [3.8, 4) is 0 Å². The lowest BCUT2D eigenvalue weighted by Gasteiger charge is -2.43. The topological polar surface area (TPSA) is 21.3 Å². The highest BCUT2D eigenvalue weighted by Gasteiger charge is 2.38. The van der Waals surface area contributed by atoms with Crippen molar-refractivity contribution >= 4 is 0 Å². The molecule has 0 radical (unpaired) electrons. The maximum Gasteiger partial charge on any atom is 0.0831 e. The van der Waals surface area contributed by atoms with Crippen LogP contribution in [0.5, 0.6) is 0 Å². The number of nitrogens with one attached hydrogen (secondary N) is 1. The predicted molar refractivity (Wildman–Crippen MR) is 76.5 cm³/mol. The quantitative estimate of drug-likeness (QED) is 0.626. The highest BCUT2D eigenvalue weighted by Crippen LogP contribution is 2.31. The van der Waals surface area contributed by atoms with Crippen molar-refractivity contribution in [1.29, 1.82) is 0 Å². The molecule has 0 amide bonds. The molecule has 0 rings (SSSR count). The Morgan fingerprint density at radius 2 is 1.65 bits per heavy atom. The van der Waals surface area contributed by atoms with Crippen LogP contribution in [0.15, 0.2) is 0 Å². The van der Waals surface area contributed by atoms with E-state index in [4.69, 9.17) is 4.74 Å². The first-order chi connectivity index (χ1) is 8.11. The molecule has 0 aromatic carbocycles. The first-order valence-electron chi connectivity index (χ1n) is 7.49. The summed E-state index contributed by atoms with van der Waals surface area (Å²) in [6.07, 6.45) is 4.69. The van der Waals surface area contributed by atoms with Gasteiger partial charge in [0.2, 0.25) is 0 Å². The summed E-state index contributed by atoms with van der Waals surface area (Å²) in [6, 6.07) is 0.474. The molecule has 0 aromatic rings. The van der Waals surface area contributed by atoms with Crippen LogP contribution in [0.4, 0.5) is 0 Å². The Balaban J connectivity index is 4.92. The largest absolute Gasteiger partial charge is 0.374 e. The summed E-state index contributed by atoms with van der Waals surface area (Å²) in [5, 5.41) is 3.67. The van der Waals surface area contributed by atoms with Crippen LogP contribution in [0.25, 0.3) is 0 Å². The molecular weight excluding hydrogens is 210 g/mol. The summed E-state index contributed by atoms with van der Waals surface area (Å²) < 4.78 is 6.15. The maximum absolute atomic E-state index is 6.15. The van der Waals surface area contributed by atoms with Gasteiger partial charge < -0.3 is 10.1 Å². The number of rotatable bonds is 10. The van der Waals surface area contributed by atoms with Crippen molar-refractivity contribution in [2.75, 3.05) is 13.2 Å². The molecule has 2 heteroatoms. The van der Waals surface area contributed by atoms with Crippen LogP contribution in [-0.2, 0) is 4.74 Å². The smallest absolute Gasteiger partial charge is 0.0831 e. The molecule has 1 N–H and O–H groups in total. The van der Waals surface area contributed by atoms with E-state index in [0.717, 1.165) is 26.0 Å². The summed E-state index contributed by atoms with van der Waals surface area (Å²) in [5.74, 6) is 0.673. The Bertz CT molecular complexity index is 178. The van der Waals surface area contributed by atoms with E-state index < -0.39 is 0 Å². The fourth-order valence-corrected chi connectivity index (χ4v) is 3.02. The van der Waals surface area contributed by atoms with Gasteiger partial charge >= 0.3 is 0 Å². The van der Waals surface area contributed by atoms with E-state index in [1.54, 1.807) is 0 Å². The molecule has 0 aliphatic heterocycles. The first-order valence-corrected chi connectivity index (χ1v) is 7.49. The Labute approximate surface area is 109 Å². The number of likely N-dealkylation sites (N-methyl/N-ethyl adjacent to an activating group) is 1. The third-order valence-corrected chi connectivity index (χ3v) is 3.93. The van der Waals surface area contributed by atoms with Crippen LogP contribution in [0.1, 0.15) is 67.2 Å². The highest BCUT2D eigenvalue weighted by atomic mass is 16.5. The normalized spacial score (nSPS) is 15.9. The van der Waals surface area contributed by atoms with Crippen molar-refractivity contribution in [2.24, 2.45) is 5.92 Å². The second-order valence-corrected chi connectivity index (χ2v) is 5.01. The molecule has 0 aromatic heterocycles. The van der Waals surface area contributed by atoms with Crippen molar-refractivity contribution in [3.05, 3.63) is 0 Å². The zero-order valence-electron chi connectivity index (χ0n) is 12.8. The van der Waals surface area contributed by atoms with E-state index in [0.29, 0.717) is 12.0 Å². The fraction of sp³-hybridized carbons (Fsp3) is 1.00. The molecule has 0 aliphatic carbocycles. The van der Waals surface area contributed by atoms with Crippen LogP contribution >= 0.6 is 0 Å². The third-order valence-electron chi connectivity index (χ3n) is 3.93. The van der Waals surface area contributed by atoms with Gasteiger partial charge in [-0.2, -0.15) is 0 Å². The van der Waals surface area contributed by atoms with Gasteiger partial charge in [0, 0.05) is 12.6 Å².